The Kier molecular flexibility index (Phi) is 8.06. The Balaban J connectivity index is 1.16. The summed E-state index contributed by atoms with van der Waals surface area (Å²) < 4.78 is 5.58. The van der Waals surface area contributed by atoms with Gasteiger partial charge in [0.25, 0.3) is 0 Å². The zero-order chi connectivity index (χ0) is 24.7. The van der Waals surface area contributed by atoms with Gasteiger partial charge < -0.3 is 20.5 Å². The SMILES string of the molecule is O=C(O)CCCCCCCNC(=O)C1(CNC(=O)OCC2c3ccccc3-c3ccccc32)CC1. The Hall–Kier alpha value is -3.35. The largest absolute Gasteiger partial charge is 0.481 e. The van der Waals surface area contributed by atoms with Crippen LogP contribution in [0.15, 0.2) is 48.5 Å². The van der Waals surface area contributed by atoms with Crippen molar-refractivity contribution in [2.24, 2.45) is 5.41 Å². The van der Waals surface area contributed by atoms with E-state index in [9.17, 15) is 14.4 Å². The molecule has 7 nitrogen and oxygen atoms in total. The lowest BCUT2D eigenvalue weighted by Crippen LogP contribution is -2.41. The number of ether oxygens (including phenoxy) is 1. The molecule has 2 aromatic rings. The summed E-state index contributed by atoms with van der Waals surface area (Å²) in [5, 5.41) is 14.4. The lowest BCUT2D eigenvalue weighted by atomic mass is 9.98. The van der Waals surface area contributed by atoms with Gasteiger partial charge in [-0.3, -0.25) is 9.59 Å². The summed E-state index contributed by atoms with van der Waals surface area (Å²) in [5.41, 5.74) is 4.19. The first-order chi connectivity index (χ1) is 17.0. The fourth-order valence-corrected chi connectivity index (χ4v) is 4.85. The molecule has 2 aromatic carbocycles. The molecular weight excluding hydrogens is 444 g/mol. The molecule has 0 atom stereocenters. The number of hydrogen-bond acceptors (Lipinski definition) is 4. The van der Waals surface area contributed by atoms with Crippen molar-refractivity contribution >= 4 is 18.0 Å². The zero-order valence-electron chi connectivity index (χ0n) is 20.1. The minimum atomic E-state index is -0.751. The predicted octanol–water partition coefficient (Wildman–Crippen LogP) is 4.85. The fourth-order valence-electron chi connectivity index (χ4n) is 4.85. The van der Waals surface area contributed by atoms with E-state index in [4.69, 9.17) is 9.84 Å². The van der Waals surface area contributed by atoms with Crippen molar-refractivity contribution in [2.75, 3.05) is 19.7 Å². The number of carbonyl (C=O) groups is 3. The molecule has 0 unspecified atom stereocenters. The zero-order valence-corrected chi connectivity index (χ0v) is 20.1. The monoisotopic (exact) mass is 478 g/mol. The number of rotatable bonds is 13. The van der Waals surface area contributed by atoms with Gasteiger partial charge in [0, 0.05) is 25.4 Å². The summed E-state index contributed by atoms with van der Waals surface area (Å²) in [7, 11) is 0. The van der Waals surface area contributed by atoms with E-state index in [0.29, 0.717) is 13.0 Å². The number of aliphatic carboxylic acids is 1. The number of alkyl carbamates (subject to hydrolysis) is 1. The van der Waals surface area contributed by atoms with Crippen molar-refractivity contribution in [1.29, 1.82) is 0 Å². The minimum absolute atomic E-state index is 0.00969. The number of carbonyl (C=O) groups excluding carboxylic acids is 2. The van der Waals surface area contributed by atoms with Crippen molar-refractivity contribution in [2.45, 2.75) is 57.3 Å². The van der Waals surface area contributed by atoms with Gasteiger partial charge >= 0.3 is 12.1 Å². The lowest BCUT2D eigenvalue weighted by Gasteiger charge is -2.18. The summed E-state index contributed by atoms with van der Waals surface area (Å²) in [6.07, 6.45) is 5.65. The van der Waals surface area contributed by atoms with E-state index in [1.165, 1.54) is 22.3 Å². The second-order valence-electron chi connectivity index (χ2n) is 9.63. The van der Waals surface area contributed by atoms with Crippen LogP contribution >= 0.6 is 0 Å². The molecule has 2 amide bonds. The molecule has 4 rings (SSSR count). The molecule has 7 heteroatoms. The molecular formula is C28H34N2O5. The highest BCUT2D eigenvalue weighted by Gasteiger charge is 2.49. The van der Waals surface area contributed by atoms with Crippen molar-refractivity contribution < 1.29 is 24.2 Å². The van der Waals surface area contributed by atoms with E-state index in [-0.39, 0.29) is 31.4 Å². The van der Waals surface area contributed by atoms with Gasteiger partial charge in [0.05, 0.1) is 5.41 Å². The molecule has 0 aromatic heterocycles. The Morgan fingerprint density at radius 2 is 1.46 bits per heavy atom. The number of unbranched alkanes of at least 4 members (excludes halogenated alkanes) is 4. The van der Waals surface area contributed by atoms with Crippen LogP contribution in [0, 0.1) is 5.41 Å². The summed E-state index contributed by atoms with van der Waals surface area (Å²) >= 11 is 0. The first-order valence-electron chi connectivity index (χ1n) is 12.6. The third-order valence-corrected chi connectivity index (χ3v) is 7.10. The first kappa shape index (κ1) is 24.8. The quantitative estimate of drug-likeness (QED) is 0.357. The number of fused-ring (bicyclic) bond motifs is 3. The van der Waals surface area contributed by atoms with Crippen LogP contribution in [0.1, 0.15) is 68.4 Å². The molecule has 3 N–H and O–H groups in total. The number of nitrogens with one attached hydrogen (secondary N) is 2. The Morgan fingerprint density at radius 3 is 2.09 bits per heavy atom. The minimum Gasteiger partial charge on any atom is -0.481 e. The van der Waals surface area contributed by atoms with Crippen LogP contribution in [-0.2, 0) is 14.3 Å². The number of carboxylic acid groups (broad SMARTS) is 1. The van der Waals surface area contributed by atoms with E-state index < -0.39 is 17.5 Å². The highest BCUT2D eigenvalue weighted by molar-refractivity contribution is 5.86. The normalized spacial score (nSPS) is 15.1. The Morgan fingerprint density at radius 1 is 0.857 bits per heavy atom. The molecule has 1 saturated carbocycles. The smallest absolute Gasteiger partial charge is 0.407 e. The third-order valence-electron chi connectivity index (χ3n) is 7.10. The molecule has 35 heavy (non-hydrogen) atoms. The molecule has 2 aliphatic carbocycles. The maximum absolute atomic E-state index is 12.6. The number of carboxylic acids is 1. The van der Waals surface area contributed by atoms with Gasteiger partial charge in [-0.25, -0.2) is 4.79 Å². The Bertz CT molecular complexity index is 1020. The van der Waals surface area contributed by atoms with Gasteiger partial charge in [0.2, 0.25) is 5.91 Å². The number of benzene rings is 2. The van der Waals surface area contributed by atoms with Gasteiger partial charge in [0.1, 0.15) is 6.61 Å². The molecule has 0 bridgehead atoms. The van der Waals surface area contributed by atoms with E-state index in [1.807, 2.05) is 24.3 Å². The molecule has 0 saturated heterocycles. The fraction of sp³-hybridized carbons (Fsp3) is 0.464. The molecule has 2 aliphatic rings. The summed E-state index contributed by atoms with van der Waals surface area (Å²) in [4.78, 5) is 35.6. The predicted molar refractivity (Wildman–Crippen MR) is 133 cm³/mol. The van der Waals surface area contributed by atoms with Crippen LogP contribution in [0.5, 0.6) is 0 Å². The number of hydrogen-bond donors (Lipinski definition) is 3. The molecule has 0 aliphatic heterocycles. The molecule has 0 heterocycles. The van der Waals surface area contributed by atoms with Crippen molar-refractivity contribution in [1.82, 2.24) is 10.6 Å². The number of amides is 2. The summed E-state index contributed by atoms with van der Waals surface area (Å²) in [6, 6.07) is 16.4. The molecule has 186 valence electrons. The van der Waals surface area contributed by atoms with Crippen LogP contribution in [0.2, 0.25) is 0 Å². The average Bonchev–Trinajstić information content (AvgIpc) is 3.59. The van der Waals surface area contributed by atoms with Gasteiger partial charge in [-0.1, -0.05) is 67.8 Å². The summed E-state index contributed by atoms with van der Waals surface area (Å²) in [5.74, 6) is -0.753. The van der Waals surface area contributed by atoms with Gasteiger partial charge in [0.15, 0.2) is 0 Å². The van der Waals surface area contributed by atoms with E-state index >= 15 is 0 Å². The maximum Gasteiger partial charge on any atom is 0.407 e. The second kappa shape index (κ2) is 11.4. The third kappa shape index (κ3) is 6.21. The maximum atomic E-state index is 12.6. The van der Waals surface area contributed by atoms with Crippen LogP contribution in [0.3, 0.4) is 0 Å². The Labute approximate surface area is 206 Å². The van der Waals surface area contributed by atoms with Crippen LogP contribution < -0.4 is 10.6 Å². The topological polar surface area (TPSA) is 105 Å². The molecule has 1 fully saturated rings. The van der Waals surface area contributed by atoms with Crippen LogP contribution in [-0.4, -0.2) is 42.8 Å². The molecule has 0 spiro atoms. The van der Waals surface area contributed by atoms with Crippen molar-refractivity contribution in [3.8, 4) is 11.1 Å². The first-order valence-corrected chi connectivity index (χ1v) is 12.6. The molecule has 0 radical (unpaired) electrons. The highest BCUT2D eigenvalue weighted by Crippen LogP contribution is 2.46. The second-order valence-corrected chi connectivity index (χ2v) is 9.63. The average molecular weight is 479 g/mol. The van der Waals surface area contributed by atoms with Gasteiger partial charge in [-0.2, -0.15) is 0 Å². The van der Waals surface area contributed by atoms with Gasteiger partial charge in [-0.15, -0.1) is 0 Å². The van der Waals surface area contributed by atoms with Crippen molar-refractivity contribution in [3.63, 3.8) is 0 Å². The van der Waals surface area contributed by atoms with Crippen LogP contribution in [0.25, 0.3) is 11.1 Å². The van der Waals surface area contributed by atoms with E-state index in [0.717, 1.165) is 38.5 Å². The van der Waals surface area contributed by atoms with Crippen LogP contribution in [0.4, 0.5) is 4.79 Å². The van der Waals surface area contributed by atoms with Crippen molar-refractivity contribution in [3.05, 3.63) is 59.7 Å². The van der Waals surface area contributed by atoms with E-state index in [2.05, 4.69) is 34.9 Å². The standard InChI is InChI=1S/C28H34N2O5/c31-25(32)14-4-2-1-3-9-17-29-26(33)28(15-16-28)19-30-27(34)35-18-24-22-12-7-5-10-20(22)21-11-6-8-13-23(21)24/h5-8,10-13,24H,1-4,9,14-19H2,(H,29,33)(H,30,34)(H,31,32). The lowest BCUT2D eigenvalue weighted by molar-refractivity contribution is -0.137. The highest BCUT2D eigenvalue weighted by atomic mass is 16.5. The van der Waals surface area contributed by atoms with E-state index in [1.54, 1.807) is 0 Å². The summed E-state index contributed by atoms with van der Waals surface area (Å²) in [6.45, 7) is 1.14. The van der Waals surface area contributed by atoms with Gasteiger partial charge in [-0.05, 0) is 47.9 Å².